The van der Waals surface area contributed by atoms with Crippen LogP contribution in [0.2, 0.25) is 0 Å². The highest BCUT2D eigenvalue weighted by atomic mass is 32.1. The van der Waals surface area contributed by atoms with Crippen molar-refractivity contribution in [2.45, 2.75) is 70.4 Å². The molecule has 0 spiro atoms. The summed E-state index contributed by atoms with van der Waals surface area (Å²) >= 11 is 1.74. The van der Waals surface area contributed by atoms with Crippen LogP contribution in [0.1, 0.15) is 61.2 Å². The Bertz CT molecular complexity index is 886. The van der Waals surface area contributed by atoms with Crippen LogP contribution in [-0.4, -0.2) is 15.4 Å². The fourth-order valence-corrected chi connectivity index (χ4v) is 7.95. The first-order valence-corrected chi connectivity index (χ1v) is 11.3. The van der Waals surface area contributed by atoms with Crippen LogP contribution < -0.4 is 10.9 Å². The van der Waals surface area contributed by atoms with Gasteiger partial charge in [-0.25, -0.2) is 4.98 Å². The van der Waals surface area contributed by atoms with Gasteiger partial charge >= 0.3 is 0 Å². The van der Waals surface area contributed by atoms with Crippen molar-refractivity contribution in [3.63, 3.8) is 0 Å². The predicted molar refractivity (Wildman–Crippen MR) is 104 cm³/mol. The zero-order valence-corrected chi connectivity index (χ0v) is 16.1. The highest BCUT2D eigenvalue weighted by molar-refractivity contribution is 7.17. The molecule has 2 heterocycles. The smallest absolute Gasteiger partial charge is 0.259 e. The molecule has 5 heteroatoms. The van der Waals surface area contributed by atoms with Crippen LogP contribution >= 0.6 is 11.3 Å². The molecular formula is C21H27N3OS. The van der Waals surface area contributed by atoms with Crippen LogP contribution in [0.25, 0.3) is 4.96 Å². The standard InChI is InChI=1S/C21H27N3OS/c25-19-10-16(23-21-24(19)17-3-1-2-4-18(17)26-21)11-22-20-14-6-12-5-13(8-14)9-15(20)7-12/h10,12-15,20,22H,1-9,11H2. The normalized spacial score (nSPS) is 35.2. The third kappa shape index (κ3) is 2.43. The van der Waals surface area contributed by atoms with E-state index in [1.807, 2.05) is 4.40 Å². The lowest BCUT2D eigenvalue weighted by atomic mass is 9.54. The summed E-state index contributed by atoms with van der Waals surface area (Å²) in [6.07, 6.45) is 11.8. The van der Waals surface area contributed by atoms with Crippen molar-refractivity contribution in [2.24, 2.45) is 23.7 Å². The largest absolute Gasteiger partial charge is 0.308 e. The van der Waals surface area contributed by atoms with Crippen molar-refractivity contribution in [3.8, 4) is 0 Å². The molecular weight excluding hydrogens is 342 g/mol. The first-order valence-electron chi connectivity index (χ1n) is 10.5. The average Bonchev–Trinajstić information content (AvgIpc) is 2.99. The van der Waals surface area contributed by atoms with Gasteiger partial charge < -0.3 is 5.32 Å². The van der Waals surface area contributed by atoms with Gasteiger partial charge in [0.15, 0.2) is 4.96 Å². The van der Waals surface area contributed by atoms with E-state index in [9.17, 15) is 4.79 Å². The van der Waals surface area contributed by atoms with Crippen molar-refractivity contribution < 1.29 is 0 Å². The Morgan fingerprint density at radius 2 is 1.81 bits per heavy atom. The molecule has 7 rings (SSSR count). The minimum atomic E-state index is 0.122. The number of fused-ring (bicyclic) bond motifs is 3. The Morgan fingerprint density at radius 3 is 2.58 bits per heavy atom. The van der Waals surface area contributed by atoms with Gasteiger partial charge in [0, 0.05) is 29.2 Å². The molecule has 0 atom stereocenters. The Hall–Kier alpha value is -1.20. The summed E-state index contributed by atoms with van der Waals surface area (Å²) in [6, 6.07) is 2.43. The van der Waals surface area contributed by atoms with Crippen molar-refractivity contribution in [1.82, 2.24) is 14.7 Å². The number of nitrogens with zero attached hydrogens (tertiary/aromatic N) is 2. The van der Waals surface area contributed by atoms with E-state index >= 15 is 0 Å². The van der Waals surface area contributed by atoms with Gasteiger partial charge in [0.25, 0.3) is 5.56 Å². The van der Waals surface area contributed by atoms with E-state index in [1.54, 1.807) is 17.4 Å². The maximum Gasteiger partial charge on any atom is 0.259 e. The fourth-order valence-electron chi connectivity index (χ4n) is 6.71. The molecule has 26 heavy (non-hydrogen) atoms. The van der Waals surface area contributed by atoms with Gasteiger partial charge in [0.05, 0.1) is 5.69 Å². The van der Waals surface area contributed by atoms with Crippen LogP contribution in [0.3, 0.4) is 0 Å². The molecule has 0 unspecified atom stereocenters. The summed E-state index contributed by atoms with van der Waals surface area (Å²) in [6.45, 7) is 0.751. The minimum absolute atomic E-state index is 0.122. The van der Waals surface area contributed by atoms with Crippen molar-refractivity contribution in [2.75, 3.05) is 0 Å². The molecule has 5 aliphatic rings. The molecule has 4 nitrogen and oxygen atoms in total. The van der Waals surface area contributed by atoms with Gasteiger partial charge in [-0.2, -0.15) is 0 Å². The monoisotopic (exact) mass is 369 g/mol. The topological polar surface area (TPSA) is 46.4 Å². The third-order valence-corrected chi connectivity index (χ3v) is 8.70. The first kappa shape index (κ1) is 15.8. The quantitative estimate of drug-likeness (QED) is 0.900. The molecule has 0 radical (unpaired) electrons. The Morgan fingerprint density at radius 1 is 1.08 bits per heavy atom. The van der Waals surface area contributed by atoms with E-state index in [0.29, 0.717) is 6.04 Å². The van der Waals surface area contributed by atoms with Crippen LogP contribution in [-0.2, 0) is 19.4 Å². The summed E-state index contributed by atoms with van der Waals surface area (Å²) in [4.78, 5) is 19.9. The number of nitrogens with one attached hydrogen (secondary N) is 1. The minimum Gasteiger partial charge on any atom is -0.308 e. The van der Waals surface area contributed by atoms with E-state index < -0.39 is 0 Å². The highest BCUT2D eigenvalue weighted by Gasteiger charge is 2.47. The van der Waals surface area contributed by atoms with Crippen molar-refractivity contribution in [1.29, 1.82) is 0 Å². The van der Waals surface area contributed by atoms with E-state index in [2.05, 4.69) is 5.32 Å². The summed E-state index contributed by atoms with van der Waals surface area (Å²) < 4.78 is 1.88. The second kappa shape index (κ2) is 5.90. The number of thiazole rings is 1. The molecule has 0 aliphatic heterocycles. The Kier molecular flexibility index (Phi) is 3.59. The van der Waals surface area contributed by atoms with Crippen molar-refractivity contribution in [3.05, 3.63) is 32.7 Å². The number of rotatable bonds is 3. The molecule has 2 aromatic heterocycles. The van der Waals surface area contributed by atoms with Gasteiger partial charge in [0.1, 0.15) is 0 Å². The van der Waals surface area contributed by atoms with Crippen LogP contribution in [0, 0.1) is 23.7 Å². The summed E-state index contributed by atoms with van der Waals surface area (Å²) in [5.74, 6) is 3.74. The zero-order valence-electron chi connectivity index (χ0n) is 15.2. The van der Waals surface area contributed by atoms with Crippen LogP contribution in [0.15, 0.2) is 10.9 Å². The van der Waals surface area contributed by atoms with E-state index in [0.717, 1.165) is 53.7 Å². The summed E-state index contributed by atoms with van der Waals surface area (Å²) in [5, 5.41) is 3.83. The molecule has 0 saturated heterocycles. The van der Waals surface area contributed by atoms with Crippen molar-refractivity contribution >= 4 is 16.3 Å². The summed E-state index contributed by atoms with van der Waals surface area (Å²) in [5.41, 5.74) is 2.29. The molecule has 0 aromatic carbocycles. The highest BCUT2D eigenvalue weighted by Crippen LogP contribution is 2.53. The Labute approximate surface area is 158 Å². The Balaban J connectivity index is 1.25. The van der Waals surface area contributed by atoms with E-state index in [1.165, 1.54) is 55.5 Å². The first-order chi connectivity index (χ1) is 12.7. The maximum atomic E-state index is 12.7. The number of hydrogen-bond acceptors (Lipinski definition) is 4. The molecule has 4 bridgehead atoms. The lowest BCUT2D eigenvalue weighted by Crippen LogP contribution is -2.54. The maximum absolute atomic E-state index is 12.7. The number of hydrogen-bond donors (Lipinski definition) is 1. The van der Waals surface area contributed by atoms with Gasteiger partial charge in [0.2, 0.25) is 0 Å². The predicted octanol–water partition coefficient (Wildman–Crippen LogP) is 3.55. The lowest BCUT2D eigenvalue weighted by molar-refractivity contribution is -0.0143. The van der Waals surface area contributed by atoms with Gasteiger partial charge in [-0.3, -0.25) is 9.20 Å². The molecule has 0 amide bonds. The second-order valence-corrected chi connectivity index (χ2v) is 10.3. The molecule has 1 N–H and O–H groups in total. The van der Waals surface area contributed by atoms with Gasteiger partial charge in [-0.15, -0.1) is 11.3 Å². The SMILES string of the molecule is O=c1cc(CNC2C3CC4CC(C3)CC2C4)nc2sc3c(n12)CCCC3. The molecule has 5 aliphatic carbocycles. The van der Waals surface area contributed by atoms with Crippen LogP contribution in [0.4, 0.5) is 0 Å². The second-order valence-electron chi connectivity index (χ2n) is 9.22. The van der Waals surface area contributed by atoms with E-state index in [-0.39, 0.29) is 5.56 Å². The van der Waals surface area contributed by atoms with E-state index in [4.69, 9.17) is 4.98 Å². The molecule has 138 valence electrons. The van der Waals surface area contributed by atoms with Gasteiger partial charge in [-0.05, 0) is 81.5 Å². The molecule has 2 aromatic rings. The summed E-state index contributed by atoms with van der Waals surface area (Å²) in [7, 11) is 0. The molecule has 4 fully saturated rings. The number of aryl methyl sites for hydroxylation is 2. The number of aromatic nitrogens is 2. The van der Waals surface area contributed by atoms with Crippen LogP contribution in [0.5, 0.6) is 0 Å². The zero-order chi connectivity index (χ0) is 17.3. The van der Waals surface area contributed by atoms with Gasteiger partial charge in [-0.1, -0.05) is 0 Å². The molecule has 4 saturated carbocycles. The average molecular weight is 370 g/mol. The lowest BCUT2D eigenvalue weighted by Gasteiger charge is -2.54. The third-order valence-electron chi connectivity index (χ3n) is 7.56. The fraction of sp³-hybridized carbons (Fsp3) is 0.714.